The molecule has 3 rings (SSSR count). The summed E-state index contributed by atoms with van der Waals surface area (Å²) in [5, 5.41) is 15.4. The van der Waals surface area contributed by atoms with E-state index in [1.165, 1.54) is 18.2 Å². The summed E-state index contributed by atoms with van der Waals surface area (Å²) in [6.45, 7) is 0.330. The first-order chi connectivity index (χ1) is 12.5. The number of nitrogens with zero attached hydrogens (tertiary/aromatic N) is 4. The highest BCUT2D eigenvalue weighted by Gasteiger charge is 2.24. The molecule has 0 aliphatic heterocycles. The highest BCUT2D eigenvalue weighted by molar-refractivity contribution is 7.89. The second-order valence-corrected chi connectivity index (χ2v) is 7.06. The van der Waals surface area contributed by atoms with Crippen LogP contribution in [0.4, 0.5) is 5.69 Å². The number of aromatic nitrogens is 3. The molecule has 0 amide bonds. The van der Waals surface area contributed by atoms with Crippen molar-refractivity contribution in [2.24, 2.45) is 0 Å². The fourth-order valence-electron chi connectivity index (χ4n) is 2.37. The molecular weight excluding hydrogens is 358 g/mol. The minimum atomic E-state index is -3.99. The van der Waals surface area contributed by atoms with Crippen LogP contribution in [0.15, 0.2) is 66.0 Å². The SMILES string of the molecule is O=[N+]([O-])c1ccccc1S(=O)(=O)NCCn1ccc(-c2ccncc2)n1. The Morgan fingerprint density at radius 3 is 2.58 bits per heavy atom. The molecule has 1 N–H and O–H groups in total. The van der Waals surface area contributed by atoms with E-state index < -0.39 is 20.6 Å². The van der Waals surface area contributed by atoms with E-state index in [0.29, 0.717) is 0 Å². The molecule has 0 spiro atoms. The lowest BCUT2D eigenvalue weighted by molar-refractivity contribution is -0.387. The van der Waals surface area contributed by atoms with Crippen LogP contribution in [0.25, 0.3) is 11.3 Å². The van der Waals surface area contributed by atoms with Crippen molar-refractivity contribution >= 4 is 15.7 Å². The quantitative estimate of drug-likeness (QED) is 0.498. The molecular formula is C16H15N5O4S. The van der Waals surface area contributed by atoms with Crippen LogP contribution in [0.2, 0.25) is 0 Å². The van der Waals surface area contributed by atoms with Crippen LogP contribution < -0.4 is 4.72 Å². The number of hydrogen-bond acceptors (Lipinski definition) is 6. The van der Waals surface area contributed by atoms with Crippen LogP contribution in [-0.4, -0.2) is 34.7 Å². The number of rotatable bonds is 7. The van der Waals surface area contributed by atoms with Crippen molar-refractivity contribution in [3.05, 3.63) is 71.2 Å². The normalized spacial score (nSPS) is 11.4. The maximum absolute atomic E-state index is 12.3. The molecule has 26 heavy (non-hydrogen) atoms. The van der Waals surface area contributed by atoms with E-state index in [2.05, 4.69) is 14.8 Å². The van der Waals surface area contributed by atoms with Gasteiger partial charge in [-0.05, 0) is 24.3 Å². The standard InChI is InChI=1S/C16H15N5O4S/c22-21(23)15-3-1-2-4-16(15)26(24,25)18-10-12-20-11-7-14(19-20)13-5-8-17-9-6-13/h1-9,11,18H,10,12H2. The van der Waals surface area contributed by atoms with Crippen LogP contribution in [0, 0.1) is 10.1 Å². The third-order valence-electron chi connectivity index (χ3n) is 3.60. The summed E-state index contributed by atoms with van der Waals surface area (Å²) in [6.07, 6.45) is 5.06. The number of nitrogens with one attached hydrogen (secondary N) is 1. The molecule has 0 aliphatic rings. The fraction of sp³-hybridized carbons (Fsp3) is 0.125. The van der Waals surface area contributed by atoms with Gasteiger partial charge in [0.25, 0.3) is 5.69 Å². The van der Waals surface area contributed by atoms with Gasteiger partial charge in [0.1, 0.15) is 0 Å². The van der Waals surface area contributed by atoms with Crippen molar-refractivity contribution in [3.63, 3.8) is 0 Å². The van der Waals surface area contributed by atoms with Gasteiger partial charge < -0.3 is 0 Å². The summed E-state index contributed by atoms with van der Waals surface area (Å²) in [5.41, 5.74) is 1.19. The van der Waals surface area contributed by atoms with Crippen molar-refractivity contribution in [2.75, 3.05) is 6.54 Å². The highest BCUT2D eigenvalue weighted by Crippen LogP contribution is 2.22. The van der Waals surface area contributed by atoms with Gasteiger partial charge in [-0.3, -0.25) is 19.8 Å². The zero-order valence-corrected chi connectivity index (χ0v) is 14.3. The second-order valence-electron chi connectivity index (χ2n) is 5.32. The second kappa shape index (κ2) is 7.42. The molecule has 3 aromatic rings. The lowest BCUT2D eigenvalue weighted by Gasteiger charge is -2.07. The maximum atomic E-state index is 12.3. The zero-order valence-electron chi connectivity index (χ0n) is 13.5. The van der Waals surface area contributed by atoms with Gasteiger partial charge in [-0.25, -0.2) is 13.1 Å². The van der Waals surface area contributed by atoms with E-state index in [4.69, 9.17) is 0 Å². The Labute approximate surface area is 149 Å². The summed E-state index contributed by atoms with van der Waals surface area (Å²) in [5.74, 6) is 0. The number of nitro benzene ring substituents is 1. The van der Waals surface area contributed by atoms with Crippen LogP contribution in [0.3, 0.4) is 0 Å². The lowest BCUT2D eigenvalue weighted by atomic mass is 10.2. The van der Waals surface area contributed by atoms with Gasteiger partial charge in [-0.15, -0.1) is 0 Å². The Kier molecular flexibility index (Phi) is 5.05. The van der Waals surface area contributed by atoms with Crippen molar-refractivity contribution in [1.82, 2.24) is 19.5 Å². The van der Waals surface area contributed by atoms with Gasteiger partial charge in [0.15, 0.2) is 4.90 Å². The van der Waals surface area contributed by atoms with Gasteiger partial charge >= 0.3 is 0 Å². The van der Waals surface area contributed by atoms with Crippen molar-refractivity contribution in [1.29, 1.82) is 0 Å². The number of pyridine rings is 1. The molecule has 0 bridgehead atoms. The minimum absolute atomic E-state index is 0.0475. The minimum Gasteiger partial charge on any atom is -0.271 e. The number of nitro groups is 1. The van der Waals surface area contributed by atoms with Gasteiger partial charge in [-0.2, -0.15) is 5.10 Å². The summed E-state index contributed by atoms with van der Waals surface area (Å²) in [7, 11) is -3.99. The van der Waals surface area contributed by atoms with E-state index in [0.717, 1.165) is 17.3 Å². The van der Waals surface area contributed by atoms with Crippen molar-refractivity contribution in [2.45, 2.75) is 11.4 Å². The van der Waals surface area contributed by atoms with Crippen molar-refractivity contribution in [3.8, 4) is 11.3 Å². The Bertz CT molecular complexity index is 1020. The van der Waals surface area contributed by atoms with E-state index in [9.17, 15) is 18.5 Å². The third kappa shape index (κ3) is 3.92. The molecule has 1 aromatic carbocycles. The number of hydrogen-bond donors (Lipinski definition) is 1. The lowest BCUT2D eigenvalue weighted by Crippen LogP contribution is -2.28. The van der Waals surface area contributed by atoms with Crippen LogP contribution in [0.5, 0.6) is 0 Å². The van der Waals surface area contributed by atoms with Gasteiger partial charge in [0.05, 0.1) is 17.2 Å². The van der Waals surface area contributed by atoms with Gasteiger partial charge in [0, 0.05) is 36.8 Å². The van der Waals surface area contributed by atoms with Crippen LogP contribution in [0.1, 0.15) is 0 Å². The highest BCUT2D eigenvalue weighted by atomic mass is 32.2. The first-order valence-electron chi connectivity index (χ1n) is 7.64. The smallest absolute Gasteiger partial charge is 0.271 e. The molecule has 9 nitrogen and oxygen atoms in total. The zero-order chi connectivity index (χ0) is 18.6. The average molecular weight is 373 g/mol. The van der Waals surface area contributed by atoms with E-state index in [1.54, 1.807) is 23.3 Å². The Balaban J connectivity index is 1.67. The molecule has 0 saturated heterocycles. The summed E-state index contributed by atoms with van der Waals surface area (Å²) >= 11 is 0. The predicted octanol–water partition coefficient (Wildman–Crippen LogP) is 1.83. The third-order valence-corrected chi connectivity index (χ3v) is 5.11. The van der Waals surface area contributed by atoms with Crippen LogP contribution >= 0.6 is 0 Å². The summed E-state index contributed by atoms with van der Waals surface area (Å²) < 4.78 is 28.6. The summed E-state index contributed by atoms with van der Waals surface area (Å²) in [6, 6.07) is 10.7. The molecule has 134 valence electrons. The molecule has 2 aromatic heterocycles. The van der Waals surface area contributed by atoms with Crippen molar-refractivity contribution < 1.29 is 13.3 Å². The monoisotopic (exact) mass is 373 g/mol. The largest absolute Gasteiger partial charge is 0.289 e. The summed E-state index contributed by atoms with van der Waals surface area (Å²) in [4.78, 5) is 13.9. The first-order valence-corrected chi connectivity index (χ1v) is 9.12. The Hall–Kier alpha value is -3.11. The van der Waals surface area contributed by atoms with E-state index >= 15 is 0 Å². The Morgan fingerprint density at radius 1 is 1.12 bits per heavy atom. The number of benzene rings is 1. The number of para-hydroxylation sites is 1. The number of sulfonamides is 1. The molecule has 2 heterocycles. The van der Waals surface area contributed by atoms with E-state index in [-0.39, 0.29) is 18.0 Å². The molecule has 0 fully saturated rings. The van der Waals surface area contributed by atoms with Crippen LogP contribution in [-0.2, 0) is 16.6 Å². The molecule has 10 heteroatoms. The molecule has 0 unspecified atom stereocenters. The van der Waals surface area contributed by atoms with Gasteiger partial charge in [0.2, 0.25) is 10.0 Å². The first kappa shape index (κ1) is 17.7. The van der Waals surface area contributed by atoms with Gasteiger partial charge in [-0.1, -0.05) is 12.1 Å². The molecule has 0 atom stereocenters. The fourth-order valence-corrected chi connectivity index (χ4v) is 3.56. The van der Waals surface area contributed by atoms with E-state index in [1.807, 2.05) is 18.2 Å². The average Bonchev–Trinajstić information content (AvgIpc) is 3.11. The Morgan fingerprint density at radius 2 is 1.85 bits per heavy atom. The maximum Gasteiger partial charge on any atom is 0.289 e. The molecule has 0 radical (unpaired) electrons. The molecule has 0 saturated carbocycles. The topological polar surface area (TPSA) is 120 Å². The predicted molar refractivity (Wildman–Crippen MR) is 93.7 cm³/mol. The molecule has 0 aliphatic carbocycles.